The fourth-order valence-corrected chi connectivity index (χ4v) is 3.12. The molecule has 32 heavy (non-hydrogen) atoms. The lowest BCUT2D eigenvalue weighted by atomic mass is 10.0. The lowest BCUT2D eigenvalue weighted by Crippen LogP contribution is -2.26. The van der Waals surface area contributed by atoms with E-state index < -0.39 is 17.6 Å². The Kier molecular flexibility index (Phi) is 7.37. The van der Waals surface area contributed by atoms with Crippen molar-refractivity contribution in [2.24, 2.45) is 5.73 Å². The van der Waals surface area contributed by atoms with Gasteiger partial charge in [0.15, 0.2) is 0 Å². The second kappa shape index (κ2) is 10.2. The number of hydrogen-bond donors (Lipinski definition) is 3. The fourth-order valence-electron chi connectivity index (χ4n) is 3.12. The molecule has 3 aromatic rings. The van der Waals surface area contributed by atoms with Crippen LogP contribution in [0.3, 0.4) is 0 Å². The summed E-state index contributed by atoms with van der Waals surface area (Å²) in [6.07, 6.45) is -4.25. The quantitative estimate of drug-likeness (QED) is 0.447. The molecular formula is C24H23F3N2O3. The van der Waals surface area contributed by atoms with Gasteiger partial charge >= 0.3 is 6.18 Å². The van der Waals surface area contributed by atoms with Gasteiger partial charge in [-0.15, -0.1) is 0 Å². The van der Waals surface area contributed by atoms with Gasteiger partial charge in [-0.3, -0.25) is 4.79 Å². The predicted molar refractivity (Wildman–Crippen MR) is 114 cm³/mol. The summed E-state index contributed by atoms with van der Waals surface area (Å²) in [5, 5.41) is 12.7. The third-order valence-electron chi connectivity index (χ3n) is 4.86. The van der Waals surface area contributed by atoms with Crippen molar-refractivity contribution in [2.75, 3.05) is 0 Å². The van der Waals surface area contributed by atoms with Gasteiger partial charge < -0.3 is 20.9 Å². The Morgan fingerprint density at radius 3 is 2.09 bits per heavy atom. The highest BCUT2D eigenvalue weighted by Gasteiger charge is 2.29. The van der Waals surface area contributed by atoms with Crippen molar-refractivity contribution in [3.8, 4) is 11.5 Å². The van der Waals surface area contributed by atoms with E-state index in [0.717, 1.165) is 23.3 Å². The largest absolute Gasteiger partial charge is 0.508 e. The van der Waals surface area contributed by atoms with E-state index in [1.807, 2.05) is 12.1 Å². The standard InChI is InChI=1S/C24H23F3N2O3/c25-24(26,27)19-7-1-17(2-8-19)15-32-21-11-3-16(4-12-21)14-29-22(13-23(28)31)18-5-9-20(30)10-6-18/h1-12,22,29-30H,13-15H2,(H2,28,31). The van der Waals surface area contributed by atoms with Crippen LogP contribution in [0.4, 0.5) is 13.2 Å². The molecule has 0 saturated heterocycles. The Bertz CT molecular complexity index is 1020. The topological polar surface area (TPSA) is 84.6 Å². The molecule has 4 N–H and O–H groups in total. The lowest BCUT2D eigenvalue weighted by Gasteiger charge is -2.18. The van der Waals surface area contributed by atoms with Crippen LogP contribution >= 0.6 is 0 Å². The minimum Gasteiger partial charge on any atom is -0.508 e. The fraction of sp³-hybridized carbons (Fsp3) is 0.208. The number of ether oxygens (including phenoxy) is 1. The van der Waals surface area contributed by atoms with Crippen LogP contribution in [0.2, 0.25) is 0 Å². The van der Waals surface area contributed by atoms with Gasteiger partial charge in [-0.05, 0) is 53.1 Å². The molecule has 1 amide bonds. The maximum Gasteiger partial charge on any atom is 0.416 e. The monoisotopic (exact) mass is 444 g/mol. The Balaban J connectivity index is 1.55. The van der Waals surface area contributed by atoms with Gasteiger partial charge in [0.05, 0.1) is 5.56 Å². The maximum atomic E-state index is 12.6. The van der Waals surface area contributed by atoms with Crippen LogP contribution in [0.15, 0.2) is 72.8 Å². The molecule has 0 aliphatic carbocycles. The summed E-state index contributed by atoms with van der Waals surface area (Å²) < 4.78 is 43.5. The highest BCUT2D eigenvalue weighted by atomic mass is 19.4. The average molecular weight is 444 g/mol. The van der Waals surface area contributed by atoms with Gasteiger partial charge in [0.25, 0.3) is 0 Å². The van der Waals surface area contributed by atoms with Crippen LogP contribution in [0.5, 0.6) is 11.5 Å². The highest BCUT2D eigenvalue weighted by Crippen LogP contribution is 2.29. The Morgan fingerprint density at radius 1 is 0.938 bits per heavy atom. The number of carbonyl (C=O) groups excluding carboxylic acids is 1. The number of halogens is 3. The summed E-state index contributed by atoms with van der Waals surface area (Å²) in [5.74, 6) is 0.280. The molecule has 168 valence electrons. The molecule has 3 aromatic carbocycles. The van der Waals surface area contributed by atoms with Crippen LogP contribution < -0.4 is 15.8 Å². The van der Waals surface area contributed by atoms with Crippen molar-refractivity contribution in [3.63, 3.8) is 0 Å². The van der Waals surface area contributed by atoms with Crippen LogP contribution in [-0.4, -0.2) is 11.0 Å². The predicted octanol–water partition coefficient (Wildman–Crippen LogP) is 4.70. The van der Waals surface area contributed by atoms with Gasteiger partial charge in [-0.1, -0.05) is 36.4 Å². The maximum absolute atomic E-state index is 12.6. The number of amides is 1. The first-order chi connectivity index (χ1) is 15.2. The third-order valence-corrected chi connectivity index (χ3v) is 4.86. The van der Waals surface area contributed by atoms with Crippen LogP contribution in [0, 0.1) is 0 Å². The highest BCUT2D eigenvalue weighted by molar-refractivity contribution is 5.74. The molecular weight excluding hydrogens is 421 g/mol. The van der Waals surface area contributed by atoms with E-state index in [9.17, 15) is 23.1 Å². The smallest absolute Gasteiger partial charge is 0.416 e. The van der Waals surface area contributed by atoms with E-state index >= 15 is 0 Å². The van der Waals surface area contributed by atoms with Gasteiger partial charge in [0.2, 0.25) is 5.91 Å². The number of nitrogens with two attached hydrogens (primary N) is 1. The van der Waals surface area contributed by atoms with Gasteiger partial charge in [-0.2, -0.15) is 13.2 Å². The van der Waals surface area contributed by atoms with Crippen molar-refractivity contribution in [1.82, 2.24) is 5.32 Å². The zero-order valence-electron chi connectivity index (χ0n) is 17.1. The van der Waals surface area contributed by atoms with E-state index in [1.54, 1.807) is 36.4 Å². The molecule has 0 aliphatic rings. The second-order valence-electron chi connectivity index (χ2n) is 7.32. The van der Waals surface area contributed by atoms with Crippen LogP contribution in [0.1, 0.15) is 34.7 Å². The molecule has 0 spiro atoms. The lowest BCUT2D eigenvalue weighted by molar-refractivity contribution is -0.137. The average Bonchev–Trinajstić information content (AvgIpc) is 2.76. The summed E-state index contributed by atoms with van der Waals surface area (Å²) in [7, 11) is 0. The normalized spacial score (nSPS) is 12.3. The molecule has 0 bridgehead atoms. The first-order valence-corrected chi connectivity index (χ1v) is 9.89. The second-order valence-corrected chi connectivity index (χ2v) is 7.32. The summed E-state index contributed by atoms with van der Waals surface area (Å²) in [6.45, 7) is 0.620. The summed E-state index contributed by atoms with van der Waals surface area (Å²) in [5.41, 5.74) is 7.07. The van der Waals surface area contributed by atoms with Gasteiger partial charge in [0, 0.05) is 19.0 Å². The van der Waals surface area contributed by atoms with E-state index in [2.05, 4.69) is 5.32 Å². The summed E-state index contributed by atoms with van der Waals surface area (Å²) >= 11 is 0. The number of phenols is 1. The Labute approximate surface area is 183 Å². The van der Waals surface area contributed by atoms with Gasteiger partial charge in [0.1, 0.15) is 18.1 Å². The summed E-state index contributed by atoms with van der Waals surface area (Å²) in [6, 6.07) is 18.4. The van der Waals surface area contributed by atoms with E-state index in [0.29, 0.717) is 17.9 Å². The Morgan fingerprint density at radius 2 is 1.53 bits per heavy atom. The van der Waals surface area contributed by atoms with Crippen LogP contribution in [-0.2, 0) is 24.1 Å². The van der Waals surface area contributed by atoms with Crippen molar-refractivity contribution >= 4 is 5.91 Å². The van der Waals surface area contributed by atoms with Crippen molar-refractivity contribution in [3.05, 3.63) is 95.1 Å². The molecule has 5 nitrogen and oxygen atoms in total. The minimum absolute atomic E-state index is 0.110. The third kappa shape index (κ3) is 6.75. The molecule has 0 aliphatic heterocycles. The summed E-state index contributed by atoms with van der Waals surface area (Å²) in [4.78, 5) is 11.4. The number of aromatic hydroxyl groups is 1. The number of benzene rings is 3. The zero-order chi connectivity index (χ0) is 23.1. The molecule has 0 aromatic heterocycles. The molecule has 0 heterocycles. The number of nitrogens with one attached hydrogen (secondary N) is 1. The SMILES string of the molecule is NC(=O)CC(NCc1ccc(OCc2ccc(C(F)(F)F)cc2)cc1)c1ccc(O)cc1. The molecule has 1 unspecified atom stereocenters. The van der Waals surface area contributed by atoms with E-state index in [1.165, 1.54) is 12.1 Å². The molecule has 8 heteroatoms. The number of rotatable bonds is 9. The molecule has 1 atom stereocenters. The van der Waals surface area contributed by atoms with Crippen molar-refractivity contribution in [2.45, 2.75) is 31.8 Å². The number of carbonyl (C=O) groups is 1. The first-order valence-electron chi connectivity index (χ1n) is 9.89. The number of alkyl halides is 3. The van der Waals surface area contributed by atoms with E-state index in [4.69, 9.17) is 10.5 Å². The molecule has 0 fully saturated rings. The van der Waals surface area contributed by atoms with Gasteiger partial charge in [-0.25, -0.2) is 0 Å². The first kappa shape index (κ1) is 23.1. The van der Waals surface area contributed by atoms with Crippen molar-refractivity contribution < 1.29 is 27.8 Å². The number of phenolic OH excluding ortho intramolecular Hbond substituents is 1. The zero-order valence-corrected chi connectivity index (χ0v) is 17.1. The number of primary amides is 1. The minimum atomic E-state index is -4.36. The molecule has 0 radical (unpaired) electrons. The number of hydrogen-bond acceptors (Lipinski definition) is 4. The molecule has 3 rings (SSSR count). The Hall–Kier alpha value is -3.52. The van der Waals surface area contributed by atoms with Crippen molar-refractivity contribution in [1.29, 1.82) is 0 Å². The van der Waals surface area contributed by atoms with E-state index in [-0.39, 0.29) is 24.8 Å². The molecule has 0 saturated carbocycles. The van der Waals surface area contributed by atoms with Crippen LogP contribution in [0.25, 0.3) is 0 Å².